The van der Waals surface area contributed by atoms with Crippen molar-refractivity contribution in [2.24, 2.45) is 5.10 Å². The molecule has 0 saturated carbocycles. The second kappa shape index (κ2) is 10.2. The average Bonchev–Trinajstić information content (AvgIpc) is 2.66. The standard InChI is InChI=1S/C20H22F2N2O4/c1-4-26-17-9-14(10-18(27-5-2)19(17)28-6-3)20(25)24-23-12-13-7-8-15(21)11-16(13)22/h7-12H,4-6H2,1-3H3,(H,24,25)/b23-12-. The molecule has 0 radical (unpaired) electrons. The van der Waals surface area contributed by atoms with Crippen molar-refractivity contribution in [2.45, 2.75) is 20.8 Å². The molecule has 0 aromatic heterocycles. The predicted molar refractivity (Wildman–Crippen MR) is 101 cm³/mol. The summed E-state index contributed by atoms with van der Waals surface area (Å²) >= 11 is 0. The van der Waals surface area contributed by atoms with Crippen molar-refractivity contribution >= 4 is 12.1 Å². The van der Waals surface area contributed by atoms with E-state index in [0.717, 1.165) is 18.3 Å². The quantitative estimate of drug-likeness (QED) is 0.519. The fraction of sp³-hybridized carbons (Fsp3) is 0.300. The number of benzene rings is 2. The Kier molecular flexibility index (Phi) is 7.74. The van der Waals surface area contributed by atoms with Gasteiger partial charge in [-0.2, -0.15) is 5.10 Å². The van der Waals surface area contributed by atoms with Gasteiger partial charge in [0, 0.05) is 17.2 Å². The third-order valence-corrected chi connectivity index (χ3v) is 3.50. The SMILES string of the molecule is CCOc1cc(C(=O)N/N=C\c2ccc(F)cc2F)cc(OCC)c1OCC. The number of ether oxygens (including phenoxy) is 3. The van der Waals surface area contributed by atoms with Crippen LogP contribution in [0.15, 0.2) is 35.4 Å². The molecule has 2 rings (SSSR count). The van der Waals surface area contributed by atoms with Crippen LogP contribution in [0.1, 0.15) is 36.7 Å². The van der Waals surface area contributed by atoms with Gasteiger partial charge in [-0.15, -0.1) is 0 Å². The number of carbonyl (C=O) groups is 1. The van der Waals surface area contributed by atoms with Gasteiger partial charge in [0.05, 0.1) is 26.0 Å². The molecular formula is C20H22F2N2O4. The first-order valence-corrected chi connectivity index (χ1v) is 8.85. The molecule has 0 atom stereocenters. The minimum Gasteiger partial charge on any atom is -0.490 e. The Bertz CT molecular complexity index is 829. The van der Waals surface area contributed by atoms with E-state index in [1.54, 1.807) is 0 Å². The zero-order valence-corrected chi connectivity index (χ0v) is 15.9. The van der Waals surface area contributed by atoms with Gasteiger partial charge in [-0.3, -0.25) is 4.79 Å². The van der Waals surface area contributed by atoms with Crippen molar-refractivity contribution in [1.82, 2.24) is 5.43 Å². The summed E-state index contributed by atoms with van der Waals surface area (Å²) < 4.78 is 43.2. The molecule has 0 fully saturated rings. The highest BCUT2D eigenvalue weighted by Crippen LogP contribution is 2.39. The average molecular weight is 392 g/mol. The van der Waals surface area contributed by atoms with Crippen molar-refractivity contribution in [3.63, 3.8) is 0 Å². The molecule has 1 N–H and O–H groups in total. The highest BCUT2D eigenvalue weighted by molar-refractivity contribution is 5.96. The largest absolute Gasteiger partial charge is 0.490 e. The second-order valence-electron chi connectivity index (χ2n) is 5.47. The third kappa shape index (κ3) is 5.42. The normalized spacial score (nSPS) is 10.8. The highest BCUT2D eigenvalue weighted by Gasteiger charge is 2.18. The zero-order valence-electron chi connectivity index (χ0n) is 15.9. The summed E-state index contributed by atoms with van der Waals surface area (Å²) in [5, 5.41) is 3.72. The summed E-state index contributed by atoms with van der Waals surface area (Å²) in [6.45, 7) is 6.60. The molecule has 2 aromatic carbocycles. The smallest absolute Gasteiger partial charge is 0.271 e. The van der Waals surface area contributed by atoms with Crippen LogP contribution >= 0.6 is 0 Å². The Hall–Kier alpha value is -3.16. The van der Waals surface area contributed by atoms with E-state index in [1.165, 1.54) is 18.2 Å². The monoisotopic (exact) mass is 392 g/mol. The summed E-state index contributed by atoms with van der Waals surface area (Å²) in [7, 11) is 0. The van der Waals surface area contributed by atoms with Crippen LogP contribution < -0.4 is 19.6 Å². The number of nitrogens with one attached hydrogen (secondary N) is 1. The molecule has 0 aliphatic carbocycles. The molecule has 1 amide bonds. The highest BCUT2D eigenvalue weighted by atomic mass is 19.1. The predicted octanol–water partition coefficient (Wildman–Crippen LogP) is 3.92. The summed E-state index contributed by atoms with van der Waals surface area (Å²) in [5.41, 5.74) is 2.57. The lowest BCUT2D eigenvalue weighted by molar-refractivity contribution is 0.0954. The zero-order chi connectivity index (χ0) is 20.5. The van der Waals surface area contributed by atoms with E-state index in [4.69, 9.17) is 14.2 Å². The molecule has 0 heterocycles. The summed E-state index contributed by atoms with van der Waals surface area (Å²) in [6.07, 6.45) is 1.09. The van der Waals surface area contributed by atoms with Gasteiger partial charge in [0.15, 0.2) is 11.5 Å². The number of amides is 1. The topological polar surface area (TPSA) is 69.2 Å². The fourth-order valence-corrected chi connectivity index (χ4v) is 2.35. The molecule has 0 saturated heterocycles. The van der Waals surface area contributed by atoms with Crippen LogP contribution in [-0.2, 0) is 0 Å². The van der Waals surface area contributed by atoms with Crippen LogP contribution in [0.5, 0.6) is 17.2 Å². The molecule has 2 aromatic rings. The number of carbonyl (C=O) groups excluding carboxylic acids is 1. The lowest BCUT2D eigenvalue weighted by atomic mass is 10.1. The molecule has 0 aliphatic rings. The van der Waals surface area contributed by atoms with Crippen LogP contribution in [0.3, 0.4) is 0 Å². The van der Waals surface area contributed by atoms with Crippen LogP contribution in [0.4, 0.5) is 8.78 Å². The number of halogens is 2. The first-order valence-electron chi connectivity index (χ1n) is 8.85. The molecule has 6 nitrogen and oxygen atoms in total. The lowest BCUT2D eigenvalue weighted by Gasteiger charge is -2.16. The van der Waals surface area contributed by atoms with E-state index in [-0.39, 0.29) is 11.1 Å². The maximum atomic E-state index is 13.6. The van der Waals surface area contributed by atoms with Gasteiger partial charge in [-0.25, -0.2) is 14.2 Å². The maximum Gasteiger partial charge on any atom is 0.271 e. The van der Waals surface area contributed by atoms with Gasteiger partial charge in [-0.1, -0.05) is 0 Å². The summed E-state index contributed by atoms with van der Waals surface area (Å²) in [4.78, 5) is 12.4. The Morgan fingerprint density at radius 2 is 1.61 bits per heavy atom. The van der Waals surface area contributed by atoms with E-state index < -0.39 is 17.5 Å². The van der Waals surface area contributed by atoms with E-state index in [2.05, 4.69) is 10.5 Å². The molecule has 28 heavy (non-hydrogen) atoms. The maximum absolute atomic E-state index is 13.6. The van der Waals surface area contributed by atoms with Crippen LogP contribution in [0, 0.1) is 11.6 Å². The van der Waals surface area contributed by atoms with Crippen molar-refractivity contribution in [3.8, 4) is 17.2 Å². The van der Waals surface area contributed by atoms with E-state index in [1.807, 2.05) is 20.8 Å². The fourth-order valence-electron chi connectivity index (χ4n) is 2.35. The lowest BCUT2D eigenvalue weighted by Crippen LogP contribution is -2.18. The minimum absolute atomic E-state index is 0.0402. The summed E-state index contributed by atoms with van der Waals surface area (Å²) in [6, 6.07) is 6.08. The van der Waals surface area contributed by atoms with E-state index in [0.29, 0.717) is 37.1 Å². The van der Waals surface area contributed by atoms with Gasteiger partial charge in [-0.05, 0) is 45.0 Å². The van der Waals surface area contributed by atoms with Crippen LogP contribution in [-0.4, -0.2) is 31.9 Å². The Morgan fingerprint density at radius 1 is 1.00 bits per heavy atom. The van der Waals surface area contributed by atoms with Gasteiger partial charge in [0.25, 0.3) is 5.91 Å². The molecule has 0 unspecified atom stereocenters. The van der Waals surface area contributed by atoms with Crippen LogP contribution in [0.25, 0.3) is 0 Å². The van der Waals surface area contributed by atoms with Crippen molar-refractivity contribution in [2.75, 3.05) is 19.8 Å². The van der Waals surface area contributed by atoms with Crippen molar-refractivity contribution < 1.29 is 27.8 Å². The van der Waals surface area contributed by atoms with Gasteiger partial charge < -0.3 is 14.2 Å². The van der Waals surface area contributed by atoms with Gasteiger partial charge in [0.2, 0.25) is 5.75 Å². The Morgan fingerprint density at radius 3 is 2.14 bits per heavy atom. The summed E-state index contributed by atoms with van der Waals surface area (Å²) in [5.74, 6) is -0.873. The van der Waals surface area contributed by atoms with E-state index >= 15 is 0 Å². The molecule has 0 spiro atoms. The number of rotatable bonds is 9. The molecule has 0 aliphatic heterocycles. The van der Waals surface area contributed by atoms with Crippen molar-refractivity contribution in [3.05, 3.63) is 53.1 Å². The Balaban J connectivity index is 2.24. The number of hydrogen-bond acceptors (Lipinski definition) is 5. The molecule has 150 valence electrons. The van der Waals surface area contributed by atoms with Gasteiger partial charge in [0.1, 0.15) is 11.6 Å². The van der Waals surface area contributed by atoms with Crippen LogP contribution in [0.2, 0.25) is 0 Å². The van der Waals surface area contributed by atoms with Crippen molar-refractivity contribution in [1.29, 1.82) is 0 Å². The van der Waals surface area contributed by atoms with E-state index in [9.17, 15) is 13.6 Å². The second-order valence-corrected chi connectivity index (χ2v) is 5.47. The molecular weight excluding hydrogens is 370 g/mol. The Labute approximate surface area is 162 Å². The third-order valence-electron chi connectivity index (χ3n) is 3.50. The first kappa shape index (κ1) is 21.1. The number of hydrogen-bond donors (Lipinski definition) is 1. The first-order chi connectivity index (χ1) is 13.5. The number of nitrogens with zero attached hydrogens (tertiary/aromatic N) is 1. The molecule has 8 heteroatoms. The molecule has 0 bridgehead atoms. The minimum atomic E-state index is -0.781. The number of hydrazone groups is 1. The van der Waals surface area contributed by atoms with Gasteiger partial charge >= 0.3 is 0 Å².